The molecule has 2 aromatic rings. The minimum Gasteiger partial charge on any atom is -0.478 e. The molecule has 1 aromatic heterocycles. The lowest BCUT2D eigenvalue weighted by atomic mass is 10.1. The molecule has 19 heavy (non-hydrogen) atoms. The average molecular weight is 261 g/mol. The van der Waals surface area contributed by atoms with Crippen LogP contribution >= 0.6 is 0 Å². The molecule has 1 N–H and O–H groups in total. The van der Waals surface area contributed by atoms with Gasteiger partial charge >= 0.3 is 5.97 Å². The van der Waals surface area contributed by atoms with E-state index < -0.39 is 5.97 Å². The molecule has 1 heterocycles. The highest BCUT2D eigenvalue weighted by molar-refractivity contribution is 6.02. The lowest BCUT2D eigenvalue weighted by Crippen LogP contribution is -2.27. The molecule has 100 valence electrons. The molecule has 0 aliphatic carbocycles. The number of carboxylic acids is 1. The fourth-order valence-electron chi connectivity index (χ4n) is 1.87. The number of hydrogen-bond donors (Lipinski definition) is 1. The van der Waals surface area contributed by atoms with E-state index in [0.717, 1.165) is 17.6 Å². The highest BCUT2D eigenvalue weighted by Crippen LogP contribution is 2.16. The van der Waals surface area contributed by atoms with Crippen molar-refractivity contribution in [3.8, 4) is 0 Å². The Kier molecular flexibility index (Phi) is 3.85. The third-order valence-corrected chi connectivity index (χ3v) is 2.84. The number of hydrogen-bond acceptors (Lipinski definition) is 3. The van der Waals surface area contributed by atoms with Gasteiger partial charge in [-0.1, -0.05) is 19.4 Å². The van der Waals surface area contributed by atoms with Gasteiger partial charge in [-0.05, 0) is 24.6 Å². The van der Waals surface area contributed by atoms with Gasteiger partial charge in [0.05, 0.1) is 11.1 Å². The van der Waals surface area contributed by atoms with E-state index in [2.05, 4.69) is 0 Å². The van der Waals surface area contributed by atoms with Gasteiger partial charge in [0.2, 0.25) is 0 Å². The molecule has 1 aromatic carbocycles. The lowest BCUT2D eigenvalue weighted by molar-refractivity contribution is 0.0699. The highest BCUT2D eigenvalue weighted by Gasteiger charge is 2.11. The van der Waals surface area contributed by atoms with E-state index in [-0.39, 0.29) is 11.1 Å². The summed E-state index contributed by atoms with van der Waals surface area (Å²) >= 11 is 0. The van der Waals surface area contributed by atoms with Gasteiger partial charge in [0.25, 0.3) is 5.56 Å². The summed E-state index contributed by atoms with van der Waals surface area (Å²) in [5.74, 6) is -1.02. The molecule has 5 heteroatoms. The number of carboxylic acid groups (broad SMARTS) is 1. The van der Waals surface area contributed by atoms with E-state index >= 15 is 0 Å². The Balaban J connectivity index is 2.56. The molecule has 0 aliphatic heterocycles. The molecular weight excluding hydrogens is 246 g/mol. The molecule has 0 fully saturated rings. The summed E-state index contributed by atoms with van der Waals surface area (Å²) < 4.78 is 1.16. The van der Waals surface area contributed by atoms with Crippen LogP contribution in [0.5, 0.6) is 0 Å². The standard InChI is InChI=1S/C14H15NO4/c1-2-3-9-19-15-12-6-4-5-11(14(17)18)10(12)7-8-13(15)16/h4-8H,2-3,9H2,1H3,(H,17,18). The maximum absolute atomic E-state index is 11.8. The zero-order valence-corrected chi connectivity index (χ0v) is 10.6. The van der Waals surface area contributed by atoms with Crippen LogP contribution in [-0.4, -0.2) is 22.4 Å². The molecule has 0 atom stereocenters. The van der Waals surface area contributed by atoms with Crippen molar-refractivity contribution in [3.63, 3.8) is 0 Å². The van der Waals surface area contributed by atoms with Crippen molar-refractivity contribution in [1.29, 1.82) is 0 Å². The summed E-state index contributed by atoms with van der Waals surface area (Å²) in [6.45, 7) is 2.45. The molecule has 2 rings (SSSR count). The first-order valence-electron chi connectivity index (χ1n) is 6.16. The normalized spacial score (nSPS) is 10.6. The van der Waals surface area contributed by atoms with Gasteiger partial charge in [0.15, 0.2) is 0 Å². The van der Waals surface area contributed by atoms with Crippen molar-refractivity contribution in [2.75, 3.05) is 6.61 Å². The minimum atomic E-state index is -1.02. The molecule has 0 spiro atoms. The summed E-state index contributed by atoms with van der Waals surface area (Å²) in [7, 11) is 0. The van der Waals surface area contributed by atoms with Crippen molar-refractivity contribution in [1.82, 2.24) is 4.73 Å². The van der Waals surface area contributed by atoms with Crippen molar-refractivity contribution < 1.29 is 14.7 Å². The number of unbranched alkanes of at least 4 members (excludes halogenated alkanes) is 1. The Bertz CT molecular complexity index is 660. The Labute approximate surface area is 110 Å². The van der Waals surface area contributed by atoms with Crippen molar-refractivity contribution in [2.45, 2.75) is 19.8 Å². The van der Waals surface area contributed by atoms with Crippen LogP contribution in [0.2, 0.25) is 0 Å². The van der Waals surface area contributed by atoms with Gasteiger partial charge in [-0.15, -0.1) is 4.73 Å². The number of rotatable bonds is 5. The van der Waals surface area contributed by atoms with Gasteiger partial charge in [-0.3, -0.25) is 4.79 Å². The molecule has 0 unspecified atom stereocenters. The Hall–Kier alpha value is -2.30. The van der Waals surface area contributed by atoms with Gasteiger partial charge in [0.1, 0.15) is 6.61 Å². The van der Waals surface area contributed by atoms with Crippen LogP contribution in [0.15, 0.2) is 35.1 Å². The Morgan fingerprint density at radius 1 is 1.32 bits per heavy atom. The average Bonchev–Trinajstić information content (AvgIpc) is 2.40. The number of aromatic nitrogens is 1. The zero-order valence-electron chi connectivity index (χ0n) is 10.6. The third-order valence-electron chi connectivity index (χ3n) is 2.84. The molecule has 0 amide bonds. The number of carbonyl (C=O) groups is 1. The number of fused-ring (bicyclic) bond motifs is 1. The summed E-state index contributed by atoms with van der Waals surface area (Å²) in [5.41, 5.74) is 0.333. The number of pyridine rings is 1. The zero-order chi connectivity index (χ0) is 13.8. The van der Waals surface area contributed by atoms with Crippen LogP contribution in [0, 0.1) is 0 Å². The summed E-state index contributed by atoms with van der Waals surface area (Å²) in [5, 5.41) is 9.62. The number of benzene rings is 1. The van der Waals surface area contributed by atoms with E-state index in [1.54, 1.807) is 12.1 Å². The predicted octanol–water partition coefficient (Wildman–Crippen LogP) is 1.93. The van der Waals surface area contributed by atoms with Gasteiger partial charge < -0.3 is 9.94 Å². The second-order valence-electron chi connectivity index (χ2n) is 4.20. The highest BCUT2D eigenvalue weighted by atomic mass is 16.7. The molecule has 0 aliphatic rings. The van der Waals surface area contributed by atoms with Crippen molar-refractivity contribution in [2.24, 2.45) is 0 Å². The van der Waals surface area contributed by atoms with Crippen LogP contribution in [0.3, 0.4) is 0 Å². The maximum Gasteiger partial charge on any atom is 0.336 e. The van der Waals surface area contributed by atoms with Crippen molar-refractivity contribution in [3.05, 3.63) is 46.2 Å². The summed E-state index contributed by atoms with van der Waals surface area (Å²) in [6, 6.07) is 7.62. The summed E-state index contributed by atoms with van der Waals surface area (Å²) in [6.07, 6.45) is 1.79. The predicted molar refractivity (Wildman–Crippen MR) is 71.5 cm³/mol. The first-order valence-corrected chi connectivity index (χ1v) is 6.16. The fraction of sp³-hybridized carbons (Fsp3) is 0.286. The molecule has 0 saturated carbocycles. The van der Waals surface area contributed by atoms with Gasteiger partial charge in [0, 0.05) is 11.5 Å². The van der Waals surface area contributed by atoms with E-state index in [1.165, 1.54) is 18.2 Å². The molecular formula is C14H15NO4. The second kappa shape index (κ2) is 5.56. The quantitative estimate of drug-likeness (QED) is 0.835. The number of aromatic carboxylic acids is 1. The van der Waals surface area contributed by atoms with E-state index in [1.807, 2.05) is 6.92 Å². The fourth-order valence-corrected chi connectivity index (χ4v) is 1.87. The van der Waals surface area contributed by atoms with Gasteiger partial charge in [-0.2, -0.15) is 0 Å². The van der Waals surface area contributed by atoms with Crippen LogP contribution in [0.4, 0.5) is 0 Å². The minimum absolute atomic E-state index is 0.158. The monoisotopic (exact) mass is 261 g/mol. The molecule has 0 bridgehead atoms. The molecule has 5 nitrogen and oxygen atoms in total. The lowest BCUT2D eigenvalue weighted by Gasteiger charge is -2.12. The van der Waals surface area contributed by atoms with E-state index in [0.29, 0.717) is 17.5 Å². The summed E-state index contributed by atoms with van der Waals surface area (Å²) in [4.78, 5) is 28.4. The van der Waals surface area contributed by atoms with Crippen LogP contribution in [0.1, 0.15) is 30.1 Å². The first-order chi connectivity index (χ1) is 9.15. The van der Waals surface area contributed by atoms with E-state index in [9.17, 15) is 9.59 Å². The SMILES string of the molecule is CCCCOn1c(=O)ccc2c(C(=O)O)cccc21. The van der Waals surface area contributed by atoms with Crippen LogP contribution in [-0.2, 0) is 0 Å². The third kappa shape index (κ3) is 2.59. The topological polar surface area (TPSA) is 68.5 Å². The molecule has 0 saturated heterocycles. The smallest absolute Gasteiger partial charge is 0.336 e. The van der Waals surface area contributed by atoms with Crippen LogP contribution < -0.4 is 10.4 Å². The van der Waals surface area contributed by atoms with Crippen LogP contribution in [0.25, 0.3) is 10.9 Å². The Morgan fingerprint density at radius 3 is 2.79 bits per heavy atom. The molecule has 0 radical (unpaired) electrons. The maximum atomic E-state index is 11.8. The van der Waals surface area contributed by atoms with E-state index in [4.69, 9.17) is 9.94 Å². The van der Waals surface area contributed by atoms with Crippen molar-refractivity contribution >= 4 is 16.9 Å². The largest absolute Gasteiger partial charge is 0.478 e. The number of nitrogens with zero attached hydrogens (tertiary/aromatic N) is 1. The first kappa shape index (κ1) is 13.1. The second-order valence-corrected chi connectivity index (χ2v) is 4.20. The van der Waals surface area contributed by atoms with Gasteiger partial charge in [-0.25, -0.2) is 4.79 Å². The Morgan fingerprint density at radius 2 is 2.11 bits per heavy atom.